The number of hydrogen-bond donors (Lipinski definition) is 0. The minimum Gasteiger partial charge on any atom is -0.329 e. The first kappa shape index (κ1) is 15.4. The fraction of sp³-hybridized carbons (Fsp3) is 0.267. The zero-order valence-corrected chi connectivity index (χ0v) is 13.7. The number of aryl methyl sites for hydroxylation is 1. The van der Waals surface area contributed by atoms with E-state index in [0.29, 0.717) is 23.5 Å². The summed E-state index contributed by atoms with van der Waals surface area (Å²) in [5.74, 6) is 0.905. The molecule has 0 spiro atoms. The maximum absolute atomic E-state index is 11.8. The van der Waals surface area contributed by atoms with Crippen LogP contribution in [0.4, 0.5) is 0 Å². The topological polar surface area (TPSA) is 82.7 Å². The molecule has 0 aliphatic heterocycles. The zero-order chi connectivity index (χ0) is 16.4. The van der Waals surface area contributed by atoms with Gasteiger partial charge in [0.25, 0.3) is 0 Å². The van der Waals surface area contributed by atoms with Crippen LogP contribution < -0.4 is 0 Å². The van der Waals surface area contributed by atoms with E-state index in [9.17, 15) is 8.42 Å². The predicted octanol–water partition coefficient (Wildman–Crippen LogP) is 1.28. The Kier molecular flexibility index (Phi) is 3.99. The molecule has 8 heteroatoms. The van der Waals surface area contributed by atoms with Crippen LogP contribution in [0.3, 0.4) is 0 Å². The lowest BCUT2D eigenvalue weighted by atomic mass is 10.2. The van der Waals surface area contributed by atoms with Gasteiger partial charge in [-0.3, -0.25) is 0 Å². The average molecular weight is 331 g/mol. The predicted molar refractivity (Wildman–Crippen MR) is 84.7 cm³/mol. The number of nitrogens with zero attached hydrogens (tertiary/aromatic N) is 5. The summed E-state index contributed by atoms with van der Waals surface area (Å²) >= 11 is 0. The average Bonchev–Trinajstić information content (AvgIpc) is 3.09. The lowest BCUT2D eigenvalue weighted by Gasteiger charge is -2.07. The first-order valence-electron chi connectivity index (χ1n) is 7.08. The van der Waals surface area contributed by atoms with E-state index in [1.165, 1.54) is 6.26 Å². The molecule has 2 heterocycles. The fourth-order valence-electron chi connectivity index (χ4n) is 2.40. The van der Waals surface area contributed by atoms with Gasteiger partial charge in [-0.15, -0.1) is 5.10 Å². The van der Waals surface area contributed by atoms with E-state index < -0.39 is 9.84 Å². The van der Waals surface area contributed by atoms with Crippen molar-refractivity contribution in [2.45, 2.75) is 24.9 Å². The van der Waals surface area contributed by atoms with Gasteiger partial charge in [0, 0.05) is 18.6 Å². The van der Waals surface area contributed by atoms with Crippen molar-refractivity contribution in [2.75, 3.05) is 6.26 Å². The molecule has 0 unspecified atom stereocenters. The highest BCUT2D eigenvalue weighted by atomic mass is 32.2. The molecule has 23 heavy (non-hydrogen) atoms. The molecule has 2 aromatic heterocycles. The normalized spacial score (nSPS) is 11.7. The summed E-state index contributed by atoms with van der Waals surface area (Å²) in [6.07, 6.45) is 6.65. The molecule has 3 rings (SSSR count). The lowest BCUT2D eigenvalue weighted by Crippen LogP contribution is -2.07. The highest BCUT2D eigenvalue weighted by Crippen LogP contribution is 2.16. The maximum atomic E-state index is 11.8. The van der Waals surface area contributed by atoms with E-state index >= 15 is 0 Å². The Hall–Kier alpha value is -2.48. The Bertz CT molecular complexity index is 927. The van der Waals surface area contributed by atoms with Gasteiger partial charge in [0.1, 0.15) is 11.5 Å². The Balaban J connectivity index is 1.82. The minimum absolute atomic E-state index is 0.322. The van der Waals surface area contributed by atoms with Crippen LogP contribution in [0.25, 0.3) is 0 Å². The summed E-state index contributed by atoms with van der Waals surface area (Å²) in [7, 11) is -3.27. The summed E-state index contributed by atoms with van der Waals surface area (Å²) in [4.78, 5) is 4.49. The quantitative estimate of drug-likeness (QED) is 0.703. The largest absolute Gasteiger partial charge is 0.329 e. The van der Waals surface area contributed by atoms with Gasteiger partial charge < -0.3 is 4.57 Å². The third-order valence-corrected chi connectivity index (χ3v) is 4.74. The van der Waals surface area contributed by atoms with Crippen LogP contribution in [-0.4, -0.2) is 39.2 Å². The zero-order valence-electron chi connectivity index (χ0n) is 12.9. The van der Waals surface area contributed by atoms with Crippen molar-refractivity contribution >= 4 is 9.84 Å². The number of rotatable bonds is 5. The molecule has 0 bridgehead atoms. The van der Waals surface area contributed by atoms with Gasteiger partial charge in [-0.1, -0.05) is 23.4 Å². The van der Waals surface area contributed by atoms with Crippen molar-refractivity contribution in [1.29, 1.82) is 0 Å². The molecule has 120 valence electrons. The number of hydrogen-bond acceptors (Lipinski definition) is 5. The summed E-state index contributed by atoms with van der Waals surface area (Å²) in [5, 5.41) is 8.22. The lowest BCUT2D eigenvalue weighted by molar-refractivity contribution is 0.596. The van der Waals surface area contributed by atoms with Gasteiger partial charge in [0.05, 0.1) is 24.2 Å². The van der Waals surface area contributed by atoms with Crippen molar-refractivity contribution in [3.63, 3.8) is 0 Å². The molecule has 0 aliphatic rings. The third kappa shape index (κ3) is 3.48. The van der Waals surface area contributed by atoms with E-state index in [4.69, 9.17) is 0 Å². The van der Waals surface area contributed by atoms with Crippen LogP contribution in [0.1, 0.15) is 17.1 Å². The summed E-state index contributed by atoms with van der Waals surface area (Å²) < 4.78 is 27.3. The second kappa shape index (κ2) is 5.96. The molecular weight excluding hydrogens is 314 g/mol. The Morgan fingerprint density at radius 3 is 2.65 bits per heavy atom. The Morgan fingerprint density at radius 1 is 1.17 bits per heavy atom. The van der Waals surface area contributed by atoms with Crippen LogP contribution >= 0.6 is 0 Å². The third-order valence-electron chi connectivity index (χ3n) is 3.55. The summed E-state index contributed by atoms with van der Waals surface area (Å²) in [5.41, 5.74) is 1.49. The molecule has 1 aromatic carbocycles. The maximum Gasteiger partial charge on any atom is 0.175 e. The molecule has 0 fully saturated rings. The monoisotopic (exact) mass is 331 g/mol. The summed E-state index contributed by atoms with van der Waals surface area (Å²) in [6, 6.07) is 6.93. The van der Waals surface area contributed by atoms with Crippen LogP contribution in [0.2, 0.25) is 0 Å². The molecule has 0 amide bonds. The number of benzene rings is 1. The number of imidazole rings is 1. The molecule has 0 saturated heterocycles. The van der Waals surface area contributed by atoms with E-state index in [1.54, 1.807) is 29.1 Å². The smallest absolute Gasteiger partial charge is 0.175 e. The molecule has 0 radical (unpaired) electrons. The highest BCUT2D eigenvalue weighted by molar-refractivity contribution is 7.90. The van der Waals surface area contributed by atoms with Crippen molar-refractivity contribution in [3.8, 4) is 0 Å². The van der Waals surface area contributed by atoms with Gasteiger partial charge in [-0.25, -0.2) is 18.1 Å². The van der Waals surface area contributed by atoms with Gasteiger partial charge in [-0.2, -0.15) is 0 Å². The van der Waals surface area contributed by atoms with Gasteiger partial charge in [0.15, 0.2) is 9.84 Å². The Labute approximate surface area is 134 Å². The molecule has 0 atom stereocenters. The second-order valence-corrected chi connectivity index (χ2v) is 7.37. The van der Waals surface area contributed by atoms with Crippen LogP contribution in [0, 0.1) is 6.92 Å². The first-order chi connectivity index (χ1) is 10.9. The molecule has 0 saturated carbocycles. The van der Waals surface area contributed by atoms with E-state index in [1.807, 2.05) is 30.0 Å². The summed E-state index contributed by atoms with van der Waals surface area (Å²) in [6.45, 7) is 2.87. The van der Waals surface area contributed by atoms with Crippen LogP contribution in [0.5, 0.6) is 0 Å². The fourth-order valence-corrected chi connectivity index (χ4v) is 3.34. The van der Waals surface area contributed by atoms with E-state index in [2.05, 4.69) is 15.3 Å². The van der Waals surface area contributed by atoms with Crippen molar-refractivity contribution in [1.82, 2.24) is 24.5 Å². The first-order valence-corrected chi connectivity index (χ1v) is 8.97. The van der Waals surface area contributed by atoms with Gasteiger partial charge in [0.2, 0.25) is 0 Å². The second-order valence-electron chi connectivity index (χ2n) is 5.39. The number of aromatic nitrogens is 5. The number of sulfone groups is 1. The van der Waals surface area contributed by atoms with Crippen LogP contribution in [0.15, 0.2) is 47.8 Å². The van der Waals surface area contributed by atoms with Crippen molar-refractivity contribution in [2.24, 2.45) is 0 Å². The van der Waals surface area contributed by atoms with E-state index in [-0.39, 0.29) is 0 Å². The highest BCUT2D eigenvalue weighted by Gasteiger charge is 2.13. The van der Waals surface area contributed by atoms with Crippen molar-refractivity contribution < 1.29 is 8.42 Å². The van der Waals surface area contributed by atoms with Crippen molar-refractivity contribution in [3.05, 3.63) is 59.9 Å². The molecule has 3 aromatic rings. The molecular formula is C15H17N5O2S. The minimum atomic E-state index is -3.27. The molecule has 0 aliphatic carbocycles. The molecule has 7 nitrogen and oxygen atoms in total. The van der Waals surface area contributed by atoms with Gasteiger partial charge >= 0.3 is 0 Å². The van der Waals surface area contributed by atoms with E-state index in [0.717, 1.165) is 11.5 Å². The van der Waals surface area contributed by atoms with Crippen LogP contribution in [-0.2, 0) is 22.9 Å². The Morgan fingerprint density at radius 2 is 1.96 bits per heavy atom. The standard InChI is InChI=1S/C15H17N5O2S/c1-12-16-7-8-19(12)10-14-11-20(18-17-14)9-13-5-3-4-6-15(13)23(2,21)22/h3-8,11H,9-10H2,1-2H3. The molecule has 0 N–H and O–H groups in total. The van der Waals surface area contributed by atoms with Gasteiger partial charge in [-0.05, 0) is 18.6 Å². The SMILES string of the molecule is Cc1nccn1Cc1cn(Cc2ccccc2S(C)(=O)=O)nn1.